The number of rotatable bonds is 4. The molecular formula is C14H21NO. The molecule has 0 aliphatic carbocycles. The monoisotopic (exact) mass is 219 g/mol. The third-order valence-corrected chi connectivity index (χ3v) is 3.27. The first-order chi connectivity index (χ1) is 7.77. The fourth-order valence-electron chi connectivity index (χ4n) is 2.35. The summed E-state index contributed by atoms with van der Waals surface area (Å²) < 4.78 is 0. The van der Waals surface area contributed by atoms with E-state index in [4.69, 9.17) is 0 Å². The highest BCUT2D eigenvalue weighted by atomic mass is 16.3. The second-order valence-corrected chi connectivity index (χ2v) is 4.71. The van der Waals surface area contributed by atoms with Gasteiger partial charge in [0.15, 0.2) is 0 Å². The van der Waals surface area contributed by atoms with Crippen molar-refractivity contribution in [1.29, 1.82) is 0 Å². The number of para-hydroxylation sites is 1. The molecule has 1 heterocycles. The van der Waals surface area contributed by atoms with Crippen LogP contribution in [0.15, 0.2) is 24.3 Å². The standard InChI is InChI=1S/C14H21NO/c1-12(16)8-9-13-6-2-3-7-14(13)15-10-4-5-11-15/h2-3,6-7,12,16H,4-5,8-11H2,1H3/t12-/m0/s1. The van der Waals surface area contributed by atoms with Crippen LogP contribution < -0.4 is 4.90 Å². The Balaban J connectivity index is 2.10. The number of aliphatic hydroxyl groups excluding tert-OH is 1. The molecule has 0 radical (unpaired) electrons. The van der Waals surface area contributed by atoms with Crippen LogP contribution >= 0.6 is 0 Å². The zero-order valence-electron chi connectivity index (χ0n) is 10.0. The van der Waals surface area contributed by atoms with Gasteiger partial charge in [0.1, 0.15) is 0 Å². The molecule has 1 atom stereocenters. The molecular weight excluding hydrogens is 198 g/mol. The molecule has 88 valence electrons. The number of hydrogen-bond acceptors (Lipinski definition) is 2. The molecule has 16 heavy (non-hydrogen) atoms. The minimum Gasteiger partial charge on any atom is -0.393 e. The lowest BCUT2D eigenvalue weighted by Gasteiger charge is -2.21. The number of benzene rings is 1. The molecule has 1 aromatic rings. The number of nitrogens with zero attached hydrogens (tertiary/aromatic N) is 1. The lowest BCUT2D eigenvalue weighted by atomic mass is 10.0. The Labute approximate surface area is 97.9 Å². The lowest BCUT2D eigenvalue weighted by molar-refractivity contribution is 0.185. The summed E-state index contributed by atoms with van der Waals surface area (Å²) in [7, 11) is 0. The van der Waals surface area contributed by atoms with Gasteiger partial charge in [-0.15, -0.1) is 0 Å². The topological polar surface area (TPSA) is 23.5 Å². The number of aryl methyl sites for hydroxylation is 1. The van der Waals surface area contributed by atoms with Gasteiger partial charge in [0, 0.05) is 18.8 Å². The summed E-state index contributed by atoms with van der Waals surface area (Å²) in [5, 5.41) is 9.36. The Kier molecular flexibility index (Phi) is 3.83. The van der Waals surface area contributed by atoms with Gasteiger partial charge >= 0.3 is 0 Å². The van der Waals surface area contributed by atoms with Crippen molar-refractivity contribution in [3.05, 3.63) is 29.8 Å². The van der Waals surface area contributed by atoms with Gasteiger partial charge in [-0.2, -0.15) is 0 Å². The summed E-state index contributed by atoms with van der Waals surface area (Å²) in [6.07, 6.45) is 4.25. The molecule has 2 rings (SSSR count). The molecule has 1 aliphatic heterocycles. The van der Waals surface area contributed by atoms with Crippen molar-refractivity contribution in [2.24, 2.45) is 0 Å². The maximum Gasteiger partial charge on any atom is 0.0515 e. The smallest absolute Gasteiger partial charge is 0.0515 e. The molecule has 0 bridgehead atoms. The molecule has 1 aliphatic rings. The van der Waals surface area contributed by atoms with E-state index in [9.17, 15) is 5.11 Å². The normalized spacial score (nSPS) is 17.8. The van der Waals surface area contributed by atoms with Crippen molar-refractivity contribution in [3.8, 4) is 0 Å². The number of aliphatic hydroxyl groups is 1. The van der Waals surface area contributed by atoms with Crippen LogP contribution in [0.3, 0.4) is 0 Å². The van der Waals surface area contributed by atoms with Crippen LogP contribution in [0.25, 0.3) is 0 Å². The summed E-state index contributed by atoms with van der Waals surface area (Å²) in [5.41, 5.74) is 2.76. The highest BCUT2D eigenvalue weighted by molar-refractivity contribution is 5.54. The first-order valence-corrected chi connectivity index (χ1v) is 6.28. The minimum atomic E-state index is -0.202. The summed E-state index contributed by atoms with van der Waals surface area (Å²) in [6, 6.07) is 8.61. The number of anilines is 1. The summed E-state index contributed by atoms with van der Waals surface area (Å²) in [4.78, 5) is 2.47. The van der Waals surface area contributed by atoms with E-state index in [2.05, 4.69) is 29.2 Å². The van der Waals surface area contributed by atoms with Crippen LogP contribution in [0.5, 0.6) is 0 Å². The molecule has 1 saturated heterocycles. The highest BCUT2D eigenvalue weighted by Gasteiger charge is 2.15. The Bertz CT molecular complexity index is 329. The van der Waals surface area contributed by atoms with E-state index in [1.807, 2.05) is 6.92 Å². The molecule has 1 aromatic carbocycles. The predicted molar refractivity (Wildman–Crippen MR) is 67.9 cm³/mol. The second-order valence-electron chi connectivity index (χ2n) is 4.71. The van der Waals surface area contributed by atoms with Gasteiger partial charge in [-0.25, -0.2) is 0 Å². The lowest BCUT2D eigenvalue weighted by Crippen LogP contribution is -2.19. The van der Waals surface area contributed by atoms with Gasteiger partial charge < -0.3 is 10.0 Å². The van der Waals surface area contributed by atoms with Crippen molar-refractivity contribution in [2.45, 2.75) is 38.7 Å². The van der Waals surface area contributed by atoms with E-state index in [1.165, 1.54) is 37.2 Å². The van der Waals surface area contributed by atoms with Crippen LogP contribution in [-0.2, 0) is 6.42 Å². The summed E-state index contributed by atoms with van der Waals surface area (Å²) in [5.74, 6) is 0. The van der Waals surface area contributed by atoms with Gasteiger partial charge in [0.2, 0.25) is 0 Å². The van der Waals surface area contributed by atoms with E-state index in [0.29, 0.717) is 0 Å². The molecule has 2 nitrogen and oxygen atoms in total. The molecule has 0 spiro atoms. The average molecular weight is 219 g/mol. The maximum absolute atomic E-state index is 9.36. The predicted octanol–water partition coefficient (Wildman–Crippen LogP) is 2.60. The Hall–Kier alpha value is -1.02. The first-order valence-electron chi connectivity index (χ1n) is 6.28. The third-order valence-electron chi connectivity index (χ3n) is 3.27. The average Bonchev–Trinajstić information content (AvgIpc) is 2.80. The van der Waals surface area contributed by atoms with Crippen LogP contribution in [0, 0.1) is 0 Å². The number of hydrogen-bond donors (Lipinski definition) is 1. The molecule has 0 unspecified atom stereocenters. The third kappa shape index (κ3) is 2.76. The highest BCUT2D eigenvalue weighted by Crippen LogP contribution is 2.25. The van der Waals surface area contributed by atoms with Crippen LogP contribution in [0.4, 0.5) is 5.69 Å². The molecule has 0 aromatic heterocycles. The van der Waals surface area contributed by atoms with Gasteiger partial charge in [0.05, 0.1) is 6.10 Å². The quantitative estimate of drug-likeness (QED) is 0.841. The van der Waals surface area contributed by atoms with Gasteiger partial charge in [-0.3, -0.25) is 0 Å². The van der Waals surface area contributed by atoms with Crippen LogP contribution in [-0.4, -0.2) is 24.3 Å². The van der Waals surface area contributed by atoms with Crippen LogP contribution in [0.2, 0.25) is 0 Å². The van der Waals surface area contributed by atoms with E-state index in [0.717, 1.165) is 12.8 Å². The molecule has 1 fully saturated rings. The van der Waals surface area contributed by atoms with Crippen molar-refractivity contribution >= 4 is 5.69 Å². The van der Waals surface area contributed by atoms with Crippen molar-refractivity contribution in [2.75, 3.05) is 18.0 Å². The van der Waals surface area contributed by atoms with Gasteiger partial charge in [-0.05, 0) is 44.2 Å². The Morgan fingerprint density at radius 3 is 2.62 bits per heavy atom. The minimum absolute atomic E-state index is 0.202. The molecule has 2 heteroatoms. The summed E-state index contributed by atoms with van der Waals surface area (Å²) >= 11 is 0. The van der Waals surface area contributed by atoms with E-state index in [1.54, 1.807) is 0 Å². The zero-order chi connectivity index (χ0) is 11.4. The fraction of sp³-hybridized carbons (Fsp3) is 0.571. The van der Waals surface area contributed by atoms with E-state index in [-0.39, 0.29) is 6.10 Å². The largest absolute Gasteiger partial charge is 0.393 e. The van der Waals surface area contributed by atoms with Crippen molar-refractivity contribution in [3.63, 3.8) is 0 Å². The SMILES string of the molecule is C[C@H](O)CCc1ccccc1N1CCCC1. The second kappa shape index (κ2) is 5.35. The van der Waals surface area contributed by atoms with Crippen molar-refractivity contribution < 1.29 is 5.11 Å². The Morgan fingerprint density at radius 2 is 1.94 bits per heavy atom. The first kappa shape index (κ1) is 11.5. The zero-order valence-corrected chi connectivity index (χ0v) is 10.0. The van der Waals surface area contributed by atoms with E-state index < -0.39 is 0 Å². The van der Waals surface area contributed by atoms with Gasteiger partial charge in [-0.1, -0.05) is 18.2 Å². The molecule has 1 N–H and O–H groups in total. The maximum atomic E-state index is 9.36. The summed E-state index contributed by atoms with van der Waals surface area (Å²) in [6.45, 7) is 4.23. The van der Waals surface area contributed by atoms with Crippen LogP contribution in [0.1, 0.15) is 31.7 Å². The Morgan fingerprint density at radius 1 is 1.25 bits per heavy atom. The molecule has 0 saturated carbocycles. The van der Waals surface area contributed by atoms with Crippen molar-refractivity contribution in [1.82, 2.24) is 0 Å². The van der Waals surface area contributed by atoms with E-state index >= 15 is 0 Å². The van der Waals surface area contributed by atoms with Gasteiger partial charge in [0.25, 0.3) is 0 Å². The fourth-order valence-corrected chi connectivity index (χ4v) is 2.35. The molecule has 0 amide bonds.